The van der Waals surface area contributed by atoms with Crippen LogP contribution in [0.15, 0.2) is 52.3 Å². The Balaban J connectivity index is 1.71. The van der Waals surface area contributed by atoms with E-state index in [-0.39, 0.29) is 15.7 Å². The van der Waals surface area contributed by atoms with Crippen molar-refractivity contribution in [2.75, 3.05) is 25.0 Å². The Kier molecular flexibility index (Phi) is 4.66. The van der Waals surface area contributed by atoms with Crippen molar-refractivity contribution in [1.82, 2.24) is 5.32 Å². The first kappa shape index (κ1) is 19.3. The predicted molar refractivity (Wildman–Crippen MR) is 100 cm³/mol. The number of likely N-dealkylation sites (N-methyl/N-ethyl adjacent to an activating group) is 1. The molecule has 2 aliphatic heterocycles. The Morgan fingerprint density at radius 2 is 1.64 bits per heavy atom. The molecule has 8 heteroatoms. The average molecular weight is 410 g/mol. The second-order valence-electron chi connectivity index (χ2n) is 7.36. The smallest absolute Gasteiger partial charge is 0.371 e. The van der Waals surface area contributed by atoms with E-state index in [1.54, 1.807) is 12.1 Å². The zero-order valence-electron chi connectivity index (χ0n) is 15.3. The van der Waals surface area contributed by atoms with Gasteiger partial charge in [0.1, 0.15) is 0 Å². The maximum atomic E-state index is 13.0. The molecule has 1 N–H and O–H groups in total. The van der Waals surface area contributed by atoms with Gasteiger partial charge in [-0.1, -0.05) is 0 Å². The van der Waals surface area contributed by atoms with Gasteiger partial charge >= 0.3 is 6.18 Å². The Bertz CT molecular complexity index is 988. The minimum Gasteiger partial charge on any atom is -0.371 e. The first-order chi connectivity index (χ1) is 13.2. The molecule has 2 atom stereocenters. The highest BCUT2D eigenvalue weighted by atomic mass is 32.2. The van der Waals surface area contributed by atoms with Crippen molar-refractivity contribution in [3.8, 4) is 0 Å². The Labute approximate surface area is 162 Å². The number of halogens is 3. The maximum Gasteiger partial charge on any atom is 0.416 e. The number of hydrogen-bond donors (Lipinski definition) is 1. The molecule has 1 fully saturated rings. The highest BCUT2D eigenvalue weighted by Crippen LogP contribution is 2.45. The van der Waals surface area contributed by atoms with Crippen molar-refractivity contribution < 1.29 is 21.6 Å². The summed E-state index contributed by atoms with van der Waals surface area (Å²) in [4.78, 5) is 2.20. The van der Waals surface area contributed by atoms with Crippen LogP contribution in [0, 0.1) is 0 Å². The molecule has 2 heterocycles. The summed E-state index contributed by atoms with van der Waals surface area (Å²) < 4.78 is 64.3. The SMILES string of the molecule is CN1c2ccc(S(=O)(=O)c3ccc(C(F)(F)F)cc3)cc2[C@@H]2CCNCCC21. The predicted octanol–water partition coefficient (Wildman–Crippen LogP) is 3.82. The van der Waals surface area contributed by atoms with Gasteiger partial charge in [-0.3, -0.25) is 0 Å². The lowest BCUT2D eigenvalue weighted by molar-refractivity contribution is -0.137. The minimum absolute atomic E-state index is 0.122. The van der Waals surface area contributed by atoms with Crippen LogP contribution < -0.4 is 10.2 Å². The minimum atomic E-state index is -4.50. The Morgan fingerprint density at radius 1 is 1.00 bits per heavy atom. The van der Waals surface area contributed by atoms with Gasteiger partial charge in [-0.25, -0.2) is 8.42 Å². The molecule has 2 aliphatic rings. The summed E-state index contributed by atoms with van der Waals surface area (Å²) in [5.41, 5.74) is 1.17. The maximum absolute atomic E-state index is 13.0. The van der Waals surface area contributed by atoms with Crippen LogP contribution in [0.1, 0.15) is 29.9 Å². The number of nitrogens with one attached hydrogen (secondary N) is 1. The zero-order chi connectivity index (χ0) is 20.1. The molecule has 4 rings (SSSR count). The molecule has 2 aromatic rings. The number of rotatable bonds is 2. The fourth-order valence-electron chi connectivity index (χ4n) is 4.31. The molecule has 0 aromatic heterocycles. The first-order valence-corrected chi connectivity index (χ1v) is 10.7. The summed E-state index contributed by atoms with van der Waals surface area (Å²) in [6, 6.07) is 9.05. The largest absolute Gasteiger partial charge is 0.416 e. The molecular formula is C20H21F3N2O2S. The van der Waals surface area contributed by atoms with Crippen LogP contribution in [0.3, 0.4) is 0 Å². The molecule has 1 saturated heterocycles. The van der Waals surface area contributed by atoms with Crippen LogP contribution in [0.5, 0.6) is 0 Å². The summed E-state index contributed by atoms with van der Waals surface area (Å²) in [5, 5.41) is 3.38. The number of nitrogens with zero attached hydrogens (tertiary/aromatic N) is 1. The van der Waals surface area contributed by atoms with Gasteiger partial charge in [0.15, 0.2) is 0 Å². The molecule has 4 nitrogen and oxygen atoms in total. The third-order valence-electron chi connectivity index (χ3n) is 5.79. The fourth-order valence-corrected chi connectivity index (χ4v) is 5.60. The van der Waals surface area contributed by atoms with E-state index in [2.05, 4.69) is 10.2 Å². The molecule has 150 valence electrons. The van der Waals surface area contributed by atoms with Crippen molar-refractivity contribution in [2.45, 2.75) is 40.8 Å². The molecule has 28 heavy (non-hydrogen) atoms. The number of sulfone groups is 1. The second kappa shape index (κ2) is 6.77. The highest BCUT2D eigenvalue weighted by molar-refractivity contribution is 7.91. The first-order valence-electron chi connectivity index (χ1n) is 9.19. The van der Waals surface area contributed by atoms with Gasteiger partial charge in [0.25, 0.3) is 0 Å². The lowest BCUT2D eigenvalue weighted by atomic mass is 9.91. The van der Waals surface area contributed by atoms with Crippen molar-refractivity contribution in [3.05, 3.63) is 53.6 Å². The van der Waals surface area contributed by atoms with Crippen LogP contribution in [-0.2, 0) is 16.0 Å². The average Bonchev–Trinajstić information content (AvgIpc) is 2.82. The lowest BCUT2D eigenvalue weighted by Crippen LogP contribution is -2.30. The number of benzene rings is 2. The van der Waals surface area contributed by atoms with E-state index in [1.165, 1.54) is 0 Å². The monoisotopic (exact) mass is 410 g/mol. The standard InChI is InChI=1S/C20H21F3N2O2S/c1-25-18-7-6-15(12-17(18)16-8-10-24-11-9-19(16)25)28(26,27)14-4-2-13(3-5-14)20(21,22)23/h2-7,12,16,19,24H,8-11H2,1H3/t16-,19?/m0/s1. The second-order valence-corrected chi connectivity index (χ2v) is 9.31. The molecule has 0 aliphatic carbocycles. The summed E-state index contributed by atoms with van der Waals surface area (Å²) in [6.45, 7) is 1.81. The zero-order valence-corrected chi connectivity index (χ0v) is 16.1. The summed E-state index contributed by atoms with van der Waals surface area (Å²) in [7, 11) is -1.86. The van der Waals surface area contributed by atoms with Gasteiger partial charge in [0, 0.05) is 24.7 Å². The van der Waals surface area contributed by atoms with Crippen LogP contribution in [0.4, 0.5) is 18.9 Å². The van der Waals surface area contributed by atoms with Crippen LogP contribution in [0.25, 0.3) is 0 Å². The van der Waals surface area contributed by atoms with Crippen LogP contribution >= 0.6 is 0 Å². The fraction of sp³-hybridized carbons (Fsp3) is 0.400. The third kappa shape index (κ3) is 3.18. The summed E-state index contributed by atoms with van der Waals surface area (Å²) >= 11 is 0. The third-order valence-corrected chi connectivity index (χ3v) is 7.56. The molecule has 0 radical (unpaired) electrons. The van der Waals surface area contributed by atoms with E-state index in [4.69, 9.17) is 0 Å². The molecule has 2 aromatic carbocycles. The van der Waals surface area contributed by atoms with Gasteiger partial charge < -0.3 is 10.2 Å². The van der Waals surface area contributed by atoms with Crippen LogP contribution in [-0.4, -0.2) is 34.6 Å². The van der Waals surface area contributed by atoms with E-state index >= 15 is 0 Å². The number of alkyl halides is 3. The molecule has 0 amide bonds. The van der Waals surface area contributed by atoms with Gasteiger partial charge in [0.2, 0.25) is 9.84 Å². The van der Waals surface area contributed by atoms with Gasteiger partial charge in [-0.05, 0) is 74.0 Å². The molecular weight excluding hydrogens is 389 g/mol. The molecule has 0 spiro atoms. The number of fused-ring (bicyclic) bond motifs is 3. The van der Waals surface area contributed by atoms with Gasteiger partial charge in [0.05, 0.1) is 15.4 Å². The molecule has 1 unspecified atom stereocenters. The van der Waals surface area contributed by atoms with Crippen molar-refractivity contribution in [3.63, 3.8) is 0 Å². The van der Waals surface area contributed by atoms with Crippen molar-refractivity contribution in [2.24, 2.45) is 0 Å². The van der Waals surface area contributed by atoms with E-state index in [9.17, 15) is 21.6 Å². The van der Waals surface area contributed by atoms with Gasteiger partial charge in [-0.2, -0.15) is 13.2 Å². The highest BCUT2D eigenvalue weighted by Gasteiger charge is 2.38. The normalized spacial score (nSPS) is 22.5. The Hall–Kier alpha value is -2.06. The number of anilines is 1. The van der Waals surface area contributed by atoms with Crippen LogP contribution in [0.2, 0.25) is 0 Å². The van der Waals surface area contributed by atoms with Crippen molar-refractivity contribution in [1.29, 1.82) is 0 Å². The van der Waals surface area contributed by atoms with E-state index in [1.807, 2.05) is 13.1 Å². The summed E-state index contributed by atoms with van der Waals surface area (Å²) in [6.07, 6.45) is -2.59. The van der Waals surface area contributed by atoms with E-state index < -0.39 is 21.6 Å². The molecule has 0 bridgehead atoms. The lowest BCUT2D eigenvalue weighted by Gasteiger charge is -2.24. The van der Waals surface area contributed by atoms with E-state index in [0.29, 0.717) is 6.04 Å². The topological polar surface area (TPSA) is 49.4 Å². The number of hydrogen-bond acceptors (Lipinski definition) is 4. The summed E-state index contributed by atoms with van der Waals surface area (Å²) in [5.74, 6) is 0.248. The van der Waals surface area contributed by atoms with Crippen molar-refractivity contribution >= 4 is 15.5 Å². The Morgan fingerprint density at radius 3 is 2.32 bits per heavy atom. The van der Waals surface area contributed by atoms with Gasteiger partial charge in [-0.15, -0.1) is 0 Å². The molecule has 0 saturated carbocycles. The quantitative estimate of drug-likeness (QED) is 0.818. The van der Waals surface area contributed by atoms with E-state index in [0.717, 1.165) is 61.4 Å².